The maximum absolute atomic E-state index is 13.5. The monoisotopic (exact) mass is 290 g/mol. The number of ether oxygens (including phenoxy) is 1. The summed E-state index contributed by atoms with van der Waals surface area (Å²) >= 11 is 0. The summed E-state index contributed by atoms with van der Waals surface area (Å²) in [6, 6.07) is 8.01. The van der Waals surface area contributed by atoms with Crippen molar-refractivity contribution in [1.29, 1.82) is 0 Å². The Balaban J connectivity index is 2.23. The number of aryl methyl sites for hydroxylation is 1. The zero-order chi connectivity index (χ0) is 15.4. The van der Waals surface area contributed by atoms with Gasteiger partial charge in [0, 0.05) is 12.1 Å². The summed E-state index contributed by atoms with van der Waals surface area (Å²) in [6.45, 7) is 1.74. The van der Waals surface area contributed by atoms with Crippen molar-refractivity contribution >= 4 is 12.0 Å². The Morgan fingerprint density at radius 3 is 2.48 bits per heavy atom. The zero-order valence-electron chi connectivity index (χ0n) is 11.1. The molecule has 2 aromatic rings. The lowest BCUT2D eigenvalue weighted by molar-refractivity contribution is -0.131. The predicted octanol–water partition coefficient (Wildman–Crippen LogP) is 4.16. The number of rotatable bonds is 4. The first-order chi connectivity index (χ1) is 9.95. The van der Waals surface area contributed by atoms with Crippen LogP contribution in [0.5, 0.6) is 11.5 Å². The van der Waals surface area contributed by atoms with Crippen LogP contribution in [0.25, 0.3) is 6.08 Å². The van der Waals surface area contributed by atoms with Crippen LogP contribution in [0.3, 0.4) is 0 Å². The van der Waals surface area contributed by atoms with Crippen LogP contribution in [0.1, 0.15) is 11.1 Å². The van der Waals surface area contributed by atoms with Crippen molar-refractivity contribution in [2.24, 2.45) is 0 Å². The molecule has 3 nitrogen and oxygen atoms in total. The second kappa shape index (κ2) is 6.17. The van der Waals surface area contributed by atoms with Crippen LogP contribution in [0.2, 0.25) is 0 Å². The smallest absolute Gasteiger partial charge is 0.328 e. The summed E-state index contributed by atoms with van der Waals surface area (Å²) in [4.78, 5) is 10.4. The number of hydrogen-bond donors (Lipinski definition) is 1. The Morgan fingerprint density at radius 2 is 1.86 bits per heavy atom. The van der Waals surface area contributed by atoms with Gasteiger partial charge in [0.1, 0.15) is 11.6 Å². The fourth-order valence-corrected chi connectivity index (χ4v) is 1.73. The molecule has 0 amide bonds. The van der Waals surface area contributed by atoms with Gasteiger partial charge in [-0.1, -0.05) is 6.07 Å². The molecule has 0 aromatic heterocycles. The van der Waals surface area contributed by atoms with Gasteiger partial charge in [-0.15, -0.1) is 0 Å². The minimum atomic E-state index is -1.04. The van der Waals surface area contributed by atoms with Crippen molar-refractivity contribution in [2.45, 2.75) is 6.92 Å². The summed E-state index contributed by atoms with van der Waals surface area (Å²) in [5.41, 5.74) is 1.38. The first-order valence-electron chi connectivity index (χ1n) is 6.10. The second-order valence-electron chi connectivity index (χ2n) is 4.37. The van der Waals surface area contributed by atoms with E-state index >= 15 is 0 Å². The zero-order valence-corrected chi connectivity index (χ0v) is 11.1. The molecule has 0 bridgehead atoms. The highest BCUT2D eigenvalue weighted by atomic mass is 19.1. The van der Waals surface area contributed by atoms with E-state index in [0.717, 1.165) is 18.2 Å². The van der Waals surface area contributed by atoms with Crippen molar-refractivity contribution in [2.75, 3.05) is 0 Å². The highest BCUT2D eigenvalue weighted by Crippen LogP contribution is 2.28. The fourth-order valence-electron chi connectivity index (χ4n) is 1.73. The molecule has 0 saturated heterocycles. The molecule has 0 saturated carbocycles. The number of benzene rings is 2. The number of halogens is 2. The number of carbonyl (C=O) groups is 1. The molecule has 0 unspecified atom stereocenters. The predicted molar refractivity (Wildman–Crippen MR) is 74.3 cm³/mol. The van der Waals surface area contributed by atoms with Gasteiger partial charge in [0.2, 0.25) is 0 Å². The molecule has 2 aromatic carbocycles. The molecule has 5 heteroatoms. The van der Waals surface area contributed by atoms with Gasteiger partial charge >= 0.3 is 5.97 Å². The van der Waals surface area contributed by atoms with Gasteiger partial charge in [0.15, 0.2) is 11.6 Å². The lowest BCUT2D eigenvalue weighted by Gasteiger charge is -2.10. The molecule has 108 valence electrons. The summed E-state index contributed by atoms with van der Waals surface area (Å²) in [5, 5.41) is 8.56. The SMILES string of the molecule is Cc1cc(C=CC(=O)O)ccc1Oc1ccc(F)cc1F. The van der Waals surface area contributed by atoms with E-state index in [1.165, 1.54) is 12.1 Å². The third-order valence-electron chi connectivity index (χ3n) is 2.73. The molecule has 0 aliphatic rings. The summed E-state index contributed by atoms with van der Waals surface area (Å²) in [5.74, 6) is -2.17. The van der Waals surface area contributed by atoms with Crippen molar-refractivity contribution in [3.63, 3.8) is 0 Å². The van der Waals surface area contributed by atoms with Gasteiger partial charge in [-0.2, -0.15) is 0 Å². The molecule has 1 N–H and O–H groups in total. The number of hydrogen-bond acceptors (Lipinski definition) is 2. The molecule has 0 aliphatic heterocycles. The van der Waals surface area contributed by atoms with E-state index in [1.807, 2.05) is 0 Å². The minimum Gasteiger partial charge on any atom is -0.478 e. The van der Waals surface area contributed by atoms with Crippen molar-refractivity contribution in [3.05, 3.63) is 65.2 Å². The van der Waals surface area contributed by atoms with Crippen LogP contribution in [0.4, 0.5) is 8.78 Å². The molecule has 0 atom stereocenters. The van der Waals surface area contributed by atoms with Gasteiger partial charge in [-0.3, -0.25) is 0 Å². The Bertz CT molecular complexity index is 709. The lowest BCUT2D eigenvalue weighted by Crippen LogP contribution is -1.92. The van der Waals surface area contributed by atoms with Crippen LogP contribution in [0, 0.1) is 18.6 Å². The largest absolute Gasteiger partial charge is 0.478 e. The Labute approximate surface area is 120 Å². The highest BCUT2D eigenvalue weighted by Gasteiger charge is 2.08. The Hall–Kier alpha value is -2.69. The van der Waals surface area contributed by atoms with E-state index in [4.69, 9.17) is 9.84 Å². The molecular formula is C16H12F2O3. The van der Waals surface area contributed by atoms with E-state index in [1.54, 1.807) is 25.1 Å². The van der Waals surface area contributed by atoms with E-state index in [2.05, 4.69) is 0 Å². The molecular weight excluding hydrogens is 278 g/mol. The standard InChI is InChI=1S/C16H12F2O3/c1-10-8-11(3-7-16(19)20)2-5-14(10)21-15-6-4-12(17)9-13(15)18/h2-9H,1H3,(H,19,20). The quantitative estimate of drug-likeness (QED) is 0.860. The van der Waals surface area contributed by atoms with Crippen LogP contribution in [0.15, 0.2) is 42.5 Å². The molecule has 21 heavy (non-hydrogen) atoms. The van der Waals surface area contributed by atoms with Crippen molar-refractivity contribution in [1.82, 2.24) is 0 Å². The first-order valence-corrected chi connectivity index (χ1v) is 6.10. The number of carboxylic acid groups (broad SMARTS) is 1. The van der Waals surface area contributed by atoms with Crippen LogP contribution < -0.4 is 4.74 Å². The first kappa shape index (κ1) is 14.7. The van der Waals surface area contributed by atoms with Crippen molar-refractivity contribution in [3.8, 4) is 11.5 Å². The molecule has 2 rings (SSSR count). The Kier molecular flexibility index (Phi) is 4.33. The molecule has 0 spiro atoms. The van der Waals surface area contributed by atoms with Gasteiger partial charge in [-0.05, 0) is 48.4 Å². The van der Waals surface area contributed by atoms with Gasteiger partial charge in [-0.25, -0.2) is 13.6 Å². The van der Waals surface area contributed by atoms with Crippen LogP contribution in [-0.2, 0) is 4.79 Å². The maximum Gasteiger partial charge on any atom is 0.328 e. The van der Waals surface area contributed by atoms with Gasteiger partial charge in [0.25, 0.3) is 0 Å². The average molecular weight is 290 g/mol. The van der Waals surface area contributed by atoms with Crippen molar-refractivity contribution < 1.29 is 23.4 Å². The third kappa shape index (κ3) is 3.89. The Morgan fingerprint density at radius 1 is 1.14 bits per heavy atom. The summed E-state index contributed by atoms with van der Waals surface area (Å²) < 4.78 is 31.7. The maximum atomic E-state index is 13.5. The van der Waals surface area contributed by atoms with Crippen LogP contribution in [-0.4, -0.2) is 11.1 Å². The van der Waals surface area contributed by atoms with Gasteiger partial charge < -0.3 is 9.84 Å². The lowest BCUT2D eigenvalue weighted by atomic mass is 10.1. The van der Waals surface area contributed by atoms with Crippen LogP contribution >= 0.6 is 0 Å². The second-order valence-corrected chi connectivity index (χ2v) is 4.37. The summed E-state index contributed by atoms with van der Waals surface area (Å²) in [7, 11) is 0. The highest BCUT2D eigenvalue weighted by molar-refractivity contribution is 5.85. The molecule has 0 heterocycles. The normalized spacial score (nSPS) is 10.8. The van der Waals surface area contributed by atoms with E-state index in [0.29, 0.717) is 16.9 Å². The molecule has 0 radical (unpaired) electrons. The van der Waals surface area contributed by atoms with E-state index in [9.17, 15) is 13.6 Å². The molecule has 0 aliphatic carbocycles. The minimum absolute atomic E-state index is 0.0756. The topological polar surface area (TPSA) is 46.5 Å². The number of aliphatic carboxylic acids is 1. The van der Waals surface area contributed by atoms with Gasteiger partial charge in [0.05, 0.1) is 0 Å². The van der Waals surface area contributed by atoms with E-state index in [-0.39, 0.29) is 5.75 Å². The van der Waals surface area contributed by atoms with E-state index < -0.39 is 17.6 Å². The average Bonchev–Trinajstić information content (AvgIpc) is 2.42. The third-order valence-corrected chi connectivity index (χ3v) is 2.73. The molecule has 0 fully saturated rings. The number of carboxylic acids is 1. The summed E-state index contributed by atoms with van der Waals surface area (Å²) in [6.07, 6.45) is 2.46. The fraction of sp³-hybridized carbons (Fsp3) is 0.0625.